The van der Waals surface area contributed by atoms with Gasteiger partial charge in [0.15, 0.2) is 0 Å². The highest BCUT2D eigenvalue weighted by Crippen LogP contribution is 2.29. The van der Waals surface area contributed by atoms with Crippen LogP contribution in [0.25, 0.3) is 0 Å². The van der Waals surface area contributed by atoms with Crippen molar-refractivity contribution < 1.29 is 0 Å². The van der Waals surface area contributed by atoms with E-state index in [1.807, 2.05) is 12.1 Å². The fraction of sp³-hybridized carbons (Fsp3) is 0.647. The highest BCUT2D eigenvalue weighted by atomic mass is 35.5. The average Bonchev–Trinajstić information content (AvgIpc) is 3.22. The van der Waals surface area contributed by atoms with E-state index in [0.29, 0.717) is 18.0 Å². The van der Waals surface area contributed by atoms with Crippen LogP contribution >= 0.6 is 11.6 Å². The molecule has 1 fully saturated rings. The molecule has 1 saturated carbocycles. The number of nitrogens with one attached hydrogen (secondary N) is 1. The fourth-order valence-electron chi connectivity index (χ4n) is 2.75. The number of likely N-dealkylation sites (N-methyl/N-ethyl adjacent to an activating group) is 1. The molecular formula is C17H27ClN2. The second kappa shape index (κ2) is 6.93. The van der Waals surface area contributed by atoms with Crippen LogP contribution in [0.2, 0.25) is 5.02 Å². The van der Waals surface area contributed by atoms with Gasteiger partial charge < -0.3 is 5.32 Å². The van der Waals surface area contributed by atoms with Gasteiger partial charge in [-0.05, 0) is 44.4 Å². The van der Waals surface area contributed by atoms with Crippen molar-refractivity contribution in [3.8, 4) is 0 Å². The van der Waals surface area contributed by atoms with Crippen LogP contribution in [0.5, 0.6) is 0 Å². The summed E-state index contributed by atoms with van der Waals surface area (Å²) in [7, 11) is 2.22. The predicted octanol–water partition coefficient (Wildman–Crippen LogP) is 4.11. The Morgan fingerprint density at radius 1 is 1.25 bits per heavy atom. The normalized spacial score (nSPS) is 18.6. The molecule has 112 valence electrons. The monoisotopic (exact) mass is 294 g/mol. The number of benzene rings is 1. The van der Waals surface area contributed by atoms with Crippen LogP contribution in [0.3, 0.4) is 0 Å². The second-order valence-corrected chi connectivity index (χ2v) is 6.76. The van der Waals surface area contributed by atoms with Crippen molar-refractivity contribution in [1.82, 2.24) is 10.2 Å². The van der Waals surface area contributed by atoms with Gasteiger partial charge in [0.05, 0.1) is 0 Å². The van der Waals surface area contributed by atoms with Gasteiger partial charge in [-0.3, -0.25) is 4.90 Å². The molecule has 3 heteroatoms. The number of hydrogen-bond acceptors (Lipinski definition) is 2. The fourth-order valence-corrected chi connectivity index (χ4v) is 3.04. The maximum absolute atomic E-state index is 6.34. The highest BCUT2D eigenvalue weighted by molar-refractivity contribution is 6.31. The van der Waals surface area contributed by atoms with Crippen molar-refractivity contribution in [3.05, 3.63) is 34.9 Å². The van der Waals surface area contributed by atoms with Gasteiger partial charge in [0.2, 0.25) is 0 Å². The van der Waals surface area contributed by atoms with E-state index in [1.54, 1.807) is 0 Å². The number of hydrogen-bond donors (Lipinski definition) is 1. The standard InChI is InChI=1S/C17H27ClN2/c1-12(2)17(11-19-14-9-10-14)20(4)13(3)15-7-5-6-8-16(15)18/h5-8,12-14,17,19H,9-11H2,1-4H3. The Hall–Kier alpha value is -0.570. The molecule has 0 aliphatic heterocycles. The van der Waals surface area contributed by atoms with Crippen molar-refractivity contribution in [2.24, 2.45) is 5.92 Å². The van der Waals surface area contributed by atoms with Gasteiger partial charge in [0.25, 0.3) is 0 Å². The number of nitrogens with zero attached hydrogens (tertiary/aromatic N) is 1. The molecule has 1 aromatic rings. The zero-order valence-corrected chi connectivity index (χ0v) is 13.8. The van der Waals surface area contributed by atoms with Crippen LogP contribution in [-0.4, -0.2) is 30.6 Å². The van der Waals surface area contributed by atoms with Crippen LogP contribution in [0.15, 0.2) is 24.3 Å². The summed E-state index contributed by atoms with van der Waals surface area (Å²) in [5.41, 5.74) is 1.22. The average molecular weight is 295 g/mol. The van der Waals surface area contributed by atoms with E-state index in [0.717, 1.165) is 17.6 Å². The van der Waals surface area contributed by atoms with Gasteiger partial charge in [-0.2, -0.15) is 0 Å². The van der Waals surface area contributed by atoms with Crippen molar-refractivity contribution in [1.29, 1.82) is 0 Å². The van der Waals surface area contributed by atoms with E-state index in [1.165, 1.54) is 18.4 Å². The van der Waals surface area contributed by atoms with Crippen molar-refractivity contribution >= 4 is 11.6 Å². The van der Waals surface area contributed by atoms with Gasteiger partial charge in [0, 0.05) is 29.7 Å². The van der Waals surface area contributed by atoms with Gasteiger partial charge >= 0.3 is 0 Å². The van der Waals surface area contributed by atoms with E-state index in [2.05, 4.69) is 50.2 Å². The molecule has 0 radical (unpaired) electrons. The molecule has 1 N–H and O–H groups in total. The van der Waals surface area contributed by atoms with Crippen LogP contribution in [-0.2, 0) is 0 Å². The molecular weight excluding hydrogens is 268 g/mol. The first-order chi connectivity index (χ1) is 9.50. The molecule has 2 nitrogen and oxygen atoms in total. The SMILES string of the molecule is CC(C)C(CNC1CC1)N(C)C(C)c1ccccc1Cl. The molecule has 1 aromatic carbocycles. The second-order valence-electron chi connectivity index (χ2n) is 6.36. The van der Waals surface area contributed by atoms with E-state index in [9.17, 15) is 0 Å². The minimum absolute atomic E-state index is 0.331. The topological polar surface area (TPSA) is 15.3 Å². The molecule has 2 unspecified atom stereocenters. The van der Waals surface area contributed by atoms with Crippen molar-refractivity contribution in [2.45, 2.75) is 51.7 Å². The molecule has 0 amide bonds. The lowest BCUT2D eigenvalue weighted by Gasteiger charge is -2.36. The minimum Gasteiger partial charge on any atom is -0.312 e. The van der Waals surface area contributed by atoms with Gasteiger partial charge in [-0.25, -0.2) is 0 Å². The summed E-state index contributed by atoms with van der Waals surface area (Å²) in [6, 6.07) is 9.80. The maximum Gasteiger partial charge on any atom is 0.0453 e. The number of rotatable bonds is 7. The zero-order chi connectivity index (χ0) is 14.7. The molecule has 0 heterocycles. The van der Waals surface area contributed by atoms with Crippen molar-refractivity contribution in [3.63, 3.8) is 0 Å². The summed E-state index contributed by atoms with van der Waals surface area (Å²) >= 11 is 6.34. The summed E-state index contributed by atoms with van der Waals surface area (Å²) in [6.45, 7) is 7.91. The van der Waals surface area contributed by atoms with Gasteiger partial charge in [0.1, 0.15) is 0 Å². The maximum atomic E-state index is 6.34. The van der Waals surface area contributed by atoms with E-state index in [4.69, 9.17) is 11.6 Å². The summed E-state index contributed by atoms with van der Waals surface area (Å²) < 4.78 is 0. The molecule has 1 aliphatic carbocycles. The Morgan fingerprint density at radius 2 is 1.90 bits per heavy atom. The Labute approximate surface area is 128 Å². The van der Waals surface area contributed by atoms with E-state index >= 15 is 0 Å². The van der Waals surface area contributed by atoms with E-state index < -0.39 is 0 Å². The molecule has 0 aromatic heterocycles. The molecule has 0 saturated heterocycles. The van der Waals surface area contributed by atoms with Crippen molar-refractivity contribution in [2.75, 3.05) is 13.6 Å². The Bertz CT molecular complexity index is 429. The van der Waals surface area contributed by atoms with Gasteiger partial charge in [-0.1, -0.05) is 43.6 Å². The van der Waals surface area contributed by atoms with Crippen LogP contribution in [0.4, 0.5) is 0 Å². The smallest absolute Gasteiger partial charge is 0.0453 e. The molecule has 0 spiro atoms. The van der Waals surface area contributed by atoms with Gasteiger partial charge in [-0.15, -0.1) is 0 Å². The van der Waals surface area contributed by atoms with E-state index in [-0.39, 0.29) is 0 Å². The first kappa shape index (κ1) is 15.8. The lowest BCUT2D eigenvalue weighted by molar-refractivity contribution is 0.141. The largest absolute Gasteiger partial charge is 0.312 e. The lowest BCUT2D eigenvalue weighted by Crippen LogP contribution is -2.45. The summed E-state index contributed by atoms with van der Waals surface area (Å²) in [4.78, 5) is 2.46. The molecule has 20 heavy (non-hydrogen) atoms. The highest BCUT2D eigenvalue weighted by Gasteiger charge is 2.27. The Balaban J connectivity index is 2.05. The quantitative estimate of drug-likeness (QED) is 0.814. The molecule has 2 atom stereocenters. The first-order valence-corrected chi connectivity index (χ1v) is 8.08. The van der Waals surface area contributed by atoms with Crippen LogP contribution in [0, 0.1) is 5.92 Å². The third kappa shape index (κ3) is 3.97. The molecule has 2 rings (SSSR count). The summed E-state index contributed by atoms with van der Waals surface area (Å²) in [6.07, 6.45) is 2.68. The predicted molar refractivity (Wildman–Crippen MR) is 87.3 cm³/mol. The molecule has 0 bridgehead atoms. The molecule has 1 aliphatic rings. The Kier molecular flexibility index (Phi) is 5.48. The van der Waals surface area contributed by atoms with Crippen LogP contribution < -0.4 is 5.32 Å². The third-order valence-electron chi connectivity index (χ3n) is 4.45. The third-order valence-corrected chi connectivity index (χ3v) is 4.80. The lowest BCUT2D eigenvalue weighted by atomic mass is 9.98. The summed E-state index contributed by atoms with van der Waals surface area (Å²) in [5, 5.41) is 4.53. The summed E-state index contributed by atoms with van der Waals surface area (Å²) in [5.74, 6) is 0.621. The minimum atomic E-state index is 0.331. The first-order valence-electron chi connectivity index (χ1n) is 7.70. The zero-order valence-electron chi connectivity index (χ0n) is 13.1. The van der Waals surface area contributed by atoms with Crippen LogP contribution in [0.1, 0.15) is 45.2 Å². The Morgan fingerprint density at radius 3 is 2.45 bits per heavy atom. The number of halogens is 1.